The van der Waals surface area contributed by atoms with Crippen molar-refractivity contribution in [3.63, 3.8) is 0 Å². The number of carbonyl (C=O) groups excluding carboxylic acids is 1. The van der Waals surface area contributed by atoms with Crippen molar-refractivity contribution in [2.45, 2.75) is 6.10 Å². The van der Waals surface area contributed by atoms with E-state index in [-0.39, 0.29) is 12.0 Å². The fourth-order valence-corrected chi connectivity index (χ4v) is 4.35. The summed E-state index contributed by atoms with van der Waals surface area (Å²) in [5.74, 6) is -0.0690. The highest BCUT2D eigenvalue weighted by Crippen LogP contribution is 2.17. The van der Waals surface area contributed by atoms with Crippen LogP contribution in [0.4, 0.5) is 5.69 Å². The molecule has 1 aromatic heterocycles. The molecule has 1 amide bonds. The summed E-state index contributed by atoms with van der Waals surface area (Å²) in [4.78, 5) is 28.6. The molecule has 5 rings (SSSR count). The number of piperazine rings is 1. The van der Waals surface area contributed by atoms with E-state index >= 15 is 0 Å². The quantitative estimate of drug-likeness (QED) is 0.649. The molecule has 0 spiro atoms. The second-order valence-corrected chi connectivity index (χ2v) is 8.11. The molecular weight excluding hydrogens is 390 g/mol. The van der Waals surface area contributed by atoms with E-state index in [0.29, 0.717) is 25.4 Å². The predicted octanol–water partition coefficient (Wildman–Crippen LogP) is 2.29. The summed E-state index contributed by atoms with van der Waals surface area (Å²) in [6.45, 7) is 6.59. The van der Waals surface area contributed by atoms with Gasteiger partial charge < -0.3 is 14.5 Å². The zero-order valence-electron chi connectivity index (χ0n) is 17.6. The number of hydrogen-bond donors (Lipinski definition) is 0. The SMILES string of the molecule is O=C(c1cnc2ccccc2n1)N1CCOC(CN2CCN(c3ccccc3)CC2)C1. The van der Waals surface area contributed by atoms with Crippen molar-refractivity contribution in [1.29, 1.82) is 0 Å². The van der Waals surface area contributed by atoms with Gasteiger partial charge in [-0.1, -0.05) is 30.3 Å². The van der Waals surface area contributed by atoms with Gasteiger partial charge >= 0.3 is 0 Å². The molecule has 2 saturated heterocycles. The minimum absolute atomic E-state index is 0.0226. The van der Waals surface area contributed by atoms with Crippen LogP contribution in [0, 0.1) is 0 Å². The molecule has 1 unspecified atom stereocenters. The van der Waals surface area contributed by atoms with Gasteiger partial charge in [0, 0.05) is 51.5 Å². The highest BCUT2D eigenvalue weighted by Gasteiger charge is 2.28. The lowest BCUT2D eigenvalue weighted by Gasteiger charge is -2.39. The number of nitrogens with zero attached hydrogens (tertiary/aromatic N) is 5. The number of hydrogen-bond acceptors (Lipinski definition) is 6. The van der Waals surface area contributed by atoms with Crippen LogP contribution in [-0.4, -0.2) is 84.2 Å². The molecule has 31 heavy (non-hydrogen) atoms. The van der Waals surface area contributed by atoms with Gasteiger partial charge in [-0.25, -0.2) is 4.98 Å². The van der Waals surface area contributed by atoms with Gasteiger partial charge in [0.25, 0.3) is 5.91 Å². The second-order valence-electron chi connectivity index (χ2n) is 8.11. The molecule has 2 fully saturated rings. The van der Waals surface area contributed by atoms with Crippen molar-refractivity contribution in [3.8, 4) is 0 Å². The summed E-state index contributed by atoms with van der Waals surface area (Å²) in [6.07, 6.45) is 1.60. The summed E-state index contributed by atoms with van der Waals surface area (Å²) < 4.78 is 5.99. The first-order valence-electron chi connectivity index (χ1n) is 10.9. The lowest BCUT2D eigenvalue weighted by atomic mass is 10.2. The molecule has 2 aliphatic heterocycles. The highest BCUT2D eigenvalue weighted by atomic mass is 16.5. The largest absolute Gasteiger partial charge is 0.373 e. The Morgan fingerprint density at radius 1 is 0.935 bits per heavy atom. The van der Waals surface area contributed by atoms with Gasteiger partial charge in [-0.3, -0.25) is 14.7 Å². The van der Waals surface area contributed by atoms with Crippen molar-refractivity contribution in [1.82, 2.24) is 19.8 Å². The van der Waals surface area contributed by atoms with Crippen LogP contribution in [0.5, 0.6) is 0 Å². The van der Waals surface area contributed by atoms with Crippen molar-refractivity contribution in [2.75, 3.05) is 57.3 Å². The Hall–Kier alpha value is -3.03. The summed E-state index contributed by atoms with van der Waals surface area (Å²) in [7, 11) is 0. The van der Waals surface area contributed by atoms with Crippen LogP contribution in [0.1, 0.15) is 10.5 Å². The molecule has 2 aromatic carbocycles. The van der Waals surface area contributed by atoms with E-state index in [9.17, 15) is 4.79 Å². The maximum absolute atomic E-state index is 13.0. The lowest BCUT2D eigenvalue weighted by molar-refractivity contribution is -0.0364. The van der Waals surface area contributed by atoms with E-state index in [1.54, 1.807) is 6.20 Å². The molecule has 1 atom stereocenters. The van der Waals surface area contributed by atoms with Crippen molar-refractivity contribution in [3.05, 3.63) is 66.5 Å². The molecule has 7 nitrogen and oxygen atoms in total. The normalized spacial score (nSPS) is 20.2. The minimum atomic E-state index is -0.0690. The van der Waals surface area contributed by atoms with Gasteiger partial charge in [-0.15, -0.1) is 0 Å². The average Bonchev–Trinajstić information content (AvgIpc) is 2.84. The zero-order valence-corrected chi connectivity index (χ0v) is 17.6. The van der Waals surface area contributed by atoms with Gasteiger partial charge in [-0.05, 0) is 24.3 Å². The van der Waals surface area contributed by atoms with E-state index in [4.69, 9.17) is 4.74 Å². The van der Waals surface area contributed by atoms with Crippen LogP contribution in [0.2, 0.25) is 0 Å². The molecule has 3 heterocycles. The number of aromatic nitrogens is 2. The smallest absolute Gasteiger partial charge is 0.274 e. The molecule has 0 aliphatic carbocycles. The van der Waals surface area contributed by atoms with E-state index in [2.05, 4.69) is 50.1 Å². The maximum atomic E-state index is 13.0. The number of amides is 1. The molecule has 2 aliphatic rings. The van der Waals surface area contributed by atoms with Crippen LogP contribution >= 0.6 is 0 Å². The van der Waals surface area contributed by atoms with E-state index in [1.165, 1.54) is 5.69 Å². The van der Waals surface area contributed by atoms with Crippen molar-refractivity contribution >= 4 is 22.6 Å². The Labute approximate surface area is 182 Å². The van der Waals surface area contributed by atoms with Crippen LogP contribution in [0.15, 0.2) is 60.8 Å². The van der Waals surface area contributed by atoms with Crippen LogP contribution < -0.4 is 4.90 Å². The molecular formula is C24H27N5O2. The van der Waals surface area contributed by atoms with Gasteiger partial charge in [0.1, 0.15) is 5.69 Å². The maximum Gasteiger partial charge on any atom is 0.274 e. The van der Waals surface area contributed by atoms with E-state index < -0.39 is 0 Å². The lowest BCUT2D eigenvalue weighted by Crippen LogP contribution is -2.53. The molecule has 7 heteroatoms. The monoisotopic (exact) mass is 417 g/mol. The standard InChI is InChI=1S/C24H27N5O2/c30-24(23-16-25-21-8-4-5-9-22(21)26-23)29-14-15-31-20(18-29)17-27-10-12-28(13-11-27)19-6-2-1-3-7-19/h1-9,16,20H,10-15,17-18H2. The summed E-state index contributed by atoms with van der Waals surface area (Å²) >= 11 is 0. The van der Waals surface area contributed by atoms with E-state index in [1.807, 2.05) is 29.2 Å². The first-order valence-corrected chi connectivity index (χ1v) is 10.9. The van der Waals surface area contributed by atoms with Gasteiger partial charge in [0.15, 0.2) is 0 Å². The Bertz CT molecular complexity index is 1040. The van der Waals surface area contributed by atoms with Gasteiger partial charge in [0.05, 0.1) is 29.9 Å². The zero-order chi connectivity index (χ0) is 21.0. The second kappa shape index (κ2) is 8.99. The Morgan fingerprint density at radius 3 is 2.48 bits per heavy atom. The third-order valence-electron chi connectivity index (χ3n) is 6.05. The molecule has 0 radical (unpaired) electrons. The molecule has 0 saturated carbocycles. The van der Waals surface area contributed by atoms with Gasteiger partial charge in [0.2, 0.25) is 0 Å². The molecule has 0 bridgehead atoms. The van der Waals surface area contributed by atoms with Crippen LogP contribution in [0.3, 0.4) is 0 Å². The summed E-state index contributed by atoms with van der Waals surface area (Å²) in [5, 5.41) is 0. The van der Waals surface area contributed by atoms with Crippen LogP contribution in [0.25, 0.3) is 11.0 Å². The topological polar surface area (TPSA) is 61.8 Å². The Balaban J connectivity index is 1.17. The number of benzene rings is 2. The Kier molecular flexibility index (Phi) is 5.78. The fraction of sp³-hybridized carbons (Fsp3) is 0.375. The number of ether oxygens (including phenoxy) is 1. The predicted molar refractivity (Wildman–Crippen MR) is 120 cm³/mol. The van der Waals surface area contributed by atoms with Crippen molar-refractivity contribution < 1.29 is 9.53 Å². The number of carbonyl (C=O) groups is 1. The number of para-hydroxylation sites is 3. The number of morpholine rings is 1. The number of rotatable bonds is 4. The molecule has 0 N–H and O–H groups in total. The minimum Gasteiger partial charge on any atom is -0.373 e. The average molecular weight is 418 g/mol. The molecule has 160 valence electrons. The first-order chi connectivity index (χ1) is 15.3. The number of anilines is 1. The third kappa shape index (κ3) is 4.52. The summed E-state index contributed by atoms with van der Waals surface area (Å²) in [6, 6.07) is 18.2. The molecule has 3 aromatic rings. The van der Waals surface area contributed by atoms with Crippen LogP contribution in [-0.2, 0) is 4.74 Å². The highest BCUT2D eigenvalue weighted by molar-refractivity contribution is 5.93. The third-order valence-corrected chi connectivity index (χ3v) is 6.05. The fourth-order valence-electron chi connectivity index (χ4n) is 4.35. The van der Waals surface area contributed by atoms with E-state index in [0.717, 1.165) is 43.8 Å². The summed E-state index contributed by atoms with van der Waals surface area (Å²) in [5.41, 5.74) is 3.23. The van der Waals surface area contributed by atoms with Crippen molar-refractivity contribution in [2.24, 2.45) is 0 Å². The number of fused-ring (bicyclic) bond motifs is 1. The van der Waals surface area contributed by atoms with Gasteiger partial charge in [-0.2, -0.15) is 0 Å². The Morgan fingerprint density at radius 2 is 1.68 bits per heavy atom. The first kappa shape index (κ1) is 19.9.